The first-order valence-corrected chi connectivity index (χ1v) is 7.03. The van der Waals surface area contributed by atoms with Gasteiger partial charge in [-0.1, -0.05) is 31.2 Å². The second kappa shape index (κ2) is 5.09. The van der Waals surface area contributed by atoms with Crippen LogP contribution >= 0.6 is 12.2 Å². The van der Waals surface area contributed by atoms with Crippen molar-refractivity contribution in [2.75, 3.05) is 0 Å². The molecular weight excluding hydrogens is 256 g/mol. The van der Waals surface area contributed by atoms with Crippen molar-refractivity contribution in [3.63, 3.8) is 0 Å². The van der Waals surface area contributed by atoms with E-state index in [1.54, 1.807) is 4.68 Å². The van der Waals surface area contributed by atoms with Gasteiger partial charge in [0.25, 0.3) is 0 Å². The van der Waals surface area contributed by atoms with Crippen LogP contribution in [0, 0.1) is 4.77 Å². The van der Waals surface area contributed by atoms with Crippen LogP contribution in [0.3, 0.4) is 0 Å². The third-order valence-corrected chi connectivity index (χ3v) is 3.71. The Morgan fingerprint density at radius 3 is 3.05 bits per heavy atom. The second-order valence-electron chi connectivity index (χ2n) is 4.67. The van der Waals surface area contributed by atoms with E-state index >= 15 is 0 Å². The lowest BCUT2D eigenvalue weighted by atomic mass is 9.90. The van der Waals surface area contributed by atoms with Crippen LogP contribution in [0.5, 0.6) is 0 Å². The van der Waals surface area contributed by atoms with Crippen molar-refractivity contribution in [3.05, 3.63) is 46.0 Å². The number of H-pyrrole nitrogens is 1. The second-order valence-corrected chi connectivity index (χ2v) is 5.05. The van der Waals surface area contributed by atoms with Crippen molar-refractivity contribution >= 4 is 17.9 Å². The van der Waals surface area contributed by atoms with Crippen LogP contribution in [0.2, 0.25) is 0 Å². The molecule has 1 aliphatic rings. The molecule has 0 unspecified atom stereocenters. The molecule has 1 aliphatic carbocycles. The van der Waals surface area contributed by atoms with Gasteiger partial charge >= 0.3 is 0 Å². The molecule has 2 aromatic rings. The Morgan fingerprint density at radius 2 is 2.21 bits per heavy atom. The largest absolute Gasteiger partial charge is 0.250 e. The van der Waals surface area contributed by atoms with Crippen molar-refractivity contribution < 1.29 is 0 Å². The van der Waals surface area contributed by atoms with Gasteiger partial charge in [-0.2, -0.15) is 14.9 Å². The first kappa shape index (κ1) is 12.3. The third kappa shape index (κ3) is 2.26. The maximum absolute atomic E-state index is 5.24. The number of hydrogen-bond acceptors (Lipinski definition) is 3. The zero-order valence-electron chi connectivity index (χ0n) is 10.9. The molecule has 0 fully saturated rings. The minimum atomic E-state index is 0.562. The predicted molar refractivity (Wildman–Crippen MR) is 78.1 cm³/mol. The average molecular weight is 272 g/mol. The van der Waals surface area contributed by atoms with Crippen LogP contribution in [-0.2, 0) is 12.8 Å². The van der Waals surface area contributed by atoms with Crippen molar-refractivity contribution in [2.24, 2.45) is 5.10 Å². The van der Waals surface area contributed by atoms with E-state index in [1.165, 1.54) is 11.1 Å². The molecule has 1 N–H and O–H groups in total. The van der Waals surface area contributed by atoms with E-state index in [0.29, 0.717) is 4.77 Å². The number of aromatic nitrogens is 3. The molecule has 3 rings (SSSR count). The standard InChI is InChI=1S/C14H16N4S/c1-2-13-15-16-14(19)18(13)17-12-9-5-7-10-6-3-4-8-11(10)12/h3-4,6,8H,2,5,7,9H2,1H3,(H,16,19). The molecule has 98 valence electrons. The topological polar surface area (TPSA) is 46.0 Å². The third-order valence-electron chi connectivity index (χ3n) is 3.44. The molecule has 4 nitrogen and oxygen atoms in total. The number of nitrogens with one attached hydrogen (secondary N) is 1. The summed E-state index contributed by atoms with van der Waals surface area (Å²) in [6, 6.07) is 8.47. The number of benzene rings is 1. The molecule has 0 atom stereocenters. The quantitative estimate of drug-likeness (QED) is 0.854. The SMILES string of the molecule is CCc1n[nH]c(=S)n1N=C1CCCc2ccccc21. The maximum Gasteiger partial charge on any atom is 0.216 e. The zero-order chi connectivity index (χ0) is 13.2. The lowest BCUT2D eigenvalue weighted by molar-refractivity contribution is 0.756. The van der Waals surface area contributed by atoms with Crippen LogP contribution < -0.4 is 0 Å². The fourth-order valence-corrected chi connectivity index (χ4v) is 2.67. The lowest BCUT2D eigenvalue weighted by Crippen LogP contribution is -2.14. The number of aromatic amines is 1. The van der Waals surface area contributed by atoms with E-state index in [-0.39, 0.29) is 0 Å². The minimum absolute atomic E-state index is 0.562. The Balaban J connectivity index is 2.10. The molecule has 0 amide bonds. The van der Waals surface area contributed by atoms with E-state index in [1.807, 2.05) is 0 Å². The fraction of sp³-hybridized carbons (Fsp3) is 0.357. The minimum Gasteiger partial charge on any atom is -0.250 e. The summed E-state index contributed by atoms with van der Waals surface area (Å²) in [5.41, 5.74) is 3.73. The van der Waals surface area contributed by atoms with Gasteiger partial charge in [-0.3, -0.25) is 5.10 Å². The molecule has 0 bridgehead atoms. The van der Waals surface area contributed by atoms with Gasteiger partial charge in [0.1, 0.15) is 0 Å². The highest BCUT2D eigenvalue weighted by molar-refractivity contribution is 7.71. The van der Waals surface area contributed by atoms with Gasteiger partial charge in [0.15, 0.2) is 5.82 Å². The van der Waals surface area contributed by atoms with Crippen LogP contribution in [-0.4, -0.2) is 20.6 Å². The van der Waals surface area contributed by atoms with Crippen molar-refractivity contribution in [1.82, 2.24) is 14.9 Å². The van der Waals surface area contributed by atoms with Crippen molar-refractivity contribution in [3.8, 4) is 0 Å². The van der Waals surface area contributed by atoms with Gasteiger partial charge in [0, 0.05) is 12.0 Å². The summed E-state index contributed by atoms with van der Waals surface area (Å²) in [6.45, 7) is 2.05. The molecular formula is C14H16N4S. The molecule has 1 aromatic heterocycles. The van der Waals surface area contributed by atoms with Gasteiger partial charge in [0.05, 0.1) is 5.71 Å². The summed E-state index contributed by atoms with van der Waals surface area (Å²) < 4.78 is 2.32. The molecule has 0 aliphatic heterocycles. The van der Waals surface area contributed by atoms with Gasteiger partial charge < -0.3 is 0 Å². The van der Waals surface area contributed by atoms with Crippen LogP contribution in [0.4, 0.5) is 0 Å². The number of nitrogens with zero attached hydrogens (tertiary/aromatic N) is 3. The Kier molecular flexibility index (Phi) is 3.29. The van der Waals surface area contributed by atoms with Crippen LogP contribution in [0.15, 0.2) is 29.4 Å². The molecule has 0 saturated heterocycles. The van der Waals surface area contributed by atoms with Crippen LogP contribution in [0.25, 0.3) is 0 Å². The Hall–Kier alpha value is -1.75. The summed E-state index contributed by atoms with van der Waals surface area (Å²) in [7, 11) is 0. The highest BCUT2D eigenvalue weighted by atomic mass is 32.1. The summed E-state index contributed by atoms with van der Waals surface area (Å²) in [4.78, 5) is 0. The van der Waals surface area contributed by atoms with Crippen LogP contribution in [0.1, 0.15) is 36.7 Å². The normalized spacial score (nSPS) is 16.6. The molecule has 0 radical (unpaired) electrons. The molecule has 1 heterocycles. The summed E-state index contributed by atoms with van der Waals surface area (Å²) >= 11 is 5.24. The number of hydrogen-bond donors (Lipinski definition) is 1. The molecule has 1 aromatic carbocycles. The van der Waals surface area contributed by atoms with E-state index in [9.17, 15) is 0 Å². The average Bonchev–Trinajstić information content (AvgIpc) is 2.80. The van der Waals surface area contributed by atoms with E-state index in [4.69, 9.17) is 17.3 Å². The Bertz CT molecular complexity index is 681. The predicted octanol–water partition coefficient (Wildman–Crippen LogP) is 3.09. The number of aryl methyl sites for hydroxylation is 2. The molecule has 0 spiro atoms. The summed E-state index contributed by atoms with van der Waals surface area (Å²) in [5.74, 6) is 0.876. The van der Waals surface area contributed by atoms with E-state index in [0.717, 1.165) is 37.2 Å². The first-order chi connectivity index (χ1) is 9.29. The smallest absolute Gasteiger partial charge is 0.216 e. The van der Waals surface area contributed by atoms with E-state index in [2.05, 4.69) is 41.4 Å². The highest BCUT2D eigenvalue weighted by Crippen LogP contribution is 2.21. The molecule has 0 saturated carbocycles. The van der Waals surface area contributed by atoms with Crippen molar-refractivity contribution in [1.29, 1.82) is 0 Å². The Morgan fingerprint density at radius 1 is 1.37 bits per heavy atom. The zero-order valence-corrected chi connectivity index (χ0v) is 11.7. The van der Waals surface area contributed by atoms with Gasteiger partial charge in [0.2, 0.25) is 4.77 Å². The summed E-state index contributed by atoms with van der Waals surface area (Å²) in [5, 5.41) is 11.7. The fourth-order valence-electron chi connectivity index (χ4n) is 2.48. The number of fused-ring (bicyclic) bond motifs is 1. The van der Waals surface area contributed by atoms with Gasteiger partial charge in [-0.15, -0.1) is 0 Å². The summed E-state index contributed by atoms with van der Waals surface area (Å²) in [6.07, 6.45) is 4.08. The monoisotopic (exact) mass is 272 g/mol. The number of rotatable bonds is 2. The molecule has 5 heteroatoms. The molecule has 19 heavy (non-hydrogen) atoms. The van der Waals surface area contributed by atoms with E-state index < -0.39 is 0 Å². The highest BCUT2D eigenvalue weighted by Gasteiger charge is 2.15. The van der Waals surface area contributed by atoms with Crippen molar-refractivity contribution in [2.45, 2.75) is 32.6 Å². The lowest BCUT2D eigenvalue weighted by Gasteiger charge is -2.17. The van der Waals surface area contributed by atoms with Gasteiger partial charge in [-0.25, -0.2) is 0 Å². The first-order valence-electron chi connectivity index (χ1n) is 6.62. The Labute approximate surface area is 117 Å². The van der Waals surface area contributed by atoms with Gasteiger partial charge in [-0.05, 0) is 37.0 Å². The maximum atomic E-state index is 5.24.